The molecule has 1 unspecified atom stereocenters. The topological polar surface area (TPSA) is 70.1 Å². The molecule has 5 nitrogen and oxygen atoms in total. The van der Waals surface area contributed by atoms with E-state index in [-0.39, 0.29) is 5.78 Å². The molecule has 0 aliphatic rings. The van der Waals surface area contributed by atoms with E-state index in [1.54, 1.807) is 13.3 Å². The van der Waals surface area contributed by atoms with Crippen LogP contribution < -0.4 is 5.73 Å². The quantitative estimate of drug-likeness (QED) is 0.670. The minimum Gasteiger partial charge on any atom is -0.385 e. The lowest BCUT2D eigenvalue weighted by Crippen LogP contribution is -2.32. The number of Topliss-reactive ketones (excluding diaryl/α,β-unsaturated/α-hetero) is 1. The first-order chi connectivity index (χ1) is 8.69. The Balaban J connectivity index is 2.45. The van der Waals surface area contributed by atoms with Crippen LogP contribution in [-0.4, -0.2) is 35.1 Å². The van der Waals surface area contributed by atoms with Crippen molar-refractivity contribution in [3.8, 4) is 0 Å². The van der Waals surface area contributed by atoms with E-state index in [4.69, 9.17) is 10.5 Å². The van der Waals surface area contributed by atoms with E-state index >= 15 is 0 Å². The summed E-state index contributed by atoms with van der Waals surface area (Å²) in [6.45, 7) is 3.63. The van der Waals surface area contributed by atoms with Gasteiger partial charge < -0.3 is 15.0 Å². The molecule has 0 fully saturated rings. The van der Waals surface area contributed by atoms with Gasteiger partial charge in [0.05, 0.1) is 12.5 Å². The predicted molar refractivity (Wildman–Crippen MR) is 70.3 cm³/mol. The first-order valence-electron chi connectivity index (χ1n) is 6.46. The lowest BCUT2D eigenvalue weighted by Gasteiger charge is -2.11. The van der Waals surface area contributed by atoms with E-state index < -0.39 is 6.04 Å². The molecule has 0 aliphatic carbocycles. The zero-order chi connectivity index (χ0) is 13.4. The molecule has 0 saturated heterocycles. The molecule has 18 heavy (non-hydrogen) atoms. The zero-order valence-electron chi connectivity index (χ0n) is 11.3. The second-order valence-corrected chi connectivity index (χ2v) is 4.42. The van der Waals surface area contributed by atoms with Gasteiger partial charge in [0.2, 0.25) is 0 Å². The largest absolute Gasteiger partial charge is 0.385 e. The van der Waals surface area contributed by atoms with Crippen molar-refractivity contribution in [2.75, 3.05) is 13.7 Å². The molecule has 0 aliphatic heterocycles. The Morgan fingerprint density at radius 2 is 2.39 bits per heavy atom. The molecular weight excluding hydrogens is 230 g/mol. The monoisotopic (exact) mass is 253 g/mol. The van der Waals surface area contributed by atoms with Crippen molar-refractivity contribution in [2.45, 2.75) is 45.2 Å². The van der Waals surface area contributed by atoms with Crippen molar-refractivity contribution in [1.29, 1.82) is 0 Å². The SMILES string of the molecule is CCCn1ccnc1CC(=O)C(N)CCCOC. The predicted octanol–water partition coefficient (Wildman–Crippen LogP) is 1.16. The lowest BCUT2D eigenvalue weighted by molar-refractivity contribution is -0.120. The molecule has 1 aromatic rings. The number of imidazole rings is 1. The zero-order valence-corrected chi connectivity index (χ0v) is 11.3. The smallest absolute Gasteiger partial charge is 0.157 e. The van der Waals surface area contributed by atoms with Gasteiger partial charge in [-0.2, -0.15) is 0 Å². The molecule has 1 atom stereocenters. The van der Waals surface area contributed by atoms with Crippen LogP contribution >= 0.6 is 0 Å². The number of nitrogens with two attached hydrogens (primary N) is 1. The van der Waals surface area contributed by atoms with Gasteiger partial charge in [-0.25, -0.2) is 4.98 Å². The number of aryl methyl sites for hydroxylation is 1. The van der Waals surface area contributed by atoms with Gasteiger partial charge in [0, 0.05) is 32.7 Å². The van der Waals surface area contributed by atoms with Gasteiger partial charge in [-0.15, -0.1) is 0 Å². The number of ether oxygens (including phenoxy) is 1. The molecule has 102 valence electrons. The summed E-state index contributed by atoms with van der Waals surface area (Å²) in [6, 6.07) is -0.410. The lowest BCUT2D eigenvalue weighted by atomic mass is 10.1. The highest BCUT2D eigenvalue weighted by Crippen LogP contribution is 2.05. The van der Waals surface area contributed by atoms with Gasteiger partial charge in [-0.1, -0.05) is 6.92 Å². The van der Waals surface area contributed by atoms with E-state index in [0.717, 1.165) is 25.2 Å². The number of nitrogens with zero attached hydrogens (tertiary/aromatic N) is 2. The summed E-state index contributed by atoms with van der Waals surface area (Å²) < 4.78 is 6.96. The second kappa shape index (κ2) is 8.00. The van der Waals surface area contributed by atoms with Crippen LogP contribution in [0.25, 0.3) is 0 Å². The average Bonchev–Trinajstić information content (AvgIpc) is 2.77. The molecule has 1 aromatic heterocycles. The van der Waals surface area contributed by atoms with Crippen LogP contribution in [0.3, 0.4) is 0 Å². The van der Waals surface area contributed by atoms with Crippen molar-refractivity contribution in [3.63, 3.8) is 0 Å². The van der Waals surface area contributed by atoms with Crippen LogP contribution in [0, 0.1) is 0 Å². The molecule has 0 amide bonds. The number of ketones is 1. The third kappa shape index (κ3) is 4.58. The van der Waals surface area contributed by atoms with E-state index in [2.05, 4.69) is 11.9 Å². The second-order valence-electron chi connectivity index (χ2n) is 4.42. The Bertz CT molecular complexity index is 363. The minimum atomic E-state index is -0.410. The summed E-state index contributed by atoms with van der Waals surface area (Å²) in [5.74, 6) is 0.860. The third-order valence-corrected chi connectivity index (χ3v) is 2.88. The molecule has 5 heteroatoms. The van der Waals surface area contributed by atoms with Crippen molar-refractivity contribution in [1.82, 2.24) is 9.55 Å². The van der Waals surface area contributed by atoms with Crippen molar-refractivity contribution in [3.05, 3.63) is 18.2 Å². The fourth-order valence-electron chi connectivity index (χ4n) is 1.85. The summed E-state index contributed by atoms with van der Waals surface area (Å²) >= 11 is 0. The minimum absolute atomic E-state index is 0.0506. The number of hydrogen-bond donors (Lipinski definition) is 1. The van der Waals surface area contributed by atoms with Gasteiger partial charge >= 0.3 is 0 Å². The summed E-state index contributed by atoms with van der Waals surface area (Å²) in [4.78, 5) is 16.2. The molecular formula is C13H23N3O2. The fraction of sp³-hybridized carbons (Fsp3) is 0.692. The van der Waals surface area contributed by atoms with E-state index in [9.17, 15) is 4.79 Å². The van der Waals surface area contributed by atoms with E-state index in [0.29, 0.717) is 19.4 Å². The maximum atomic E-state index is 11.9. The van der Waals surface area contributed by atoms with Gasteiger partial charge in [-0.3, -0.25) is 4.79 Å². The summed E-state index contributed by atoms with van der Waals surface area (Å²) in [6.07, 6.45) is 6.46. The van der Waals surface area contributed by atoms with Crippen LogP contribution in [0.1, 0.15) is 32.0 Å². The Morgan fingerprint density at radius 3 is 3.06 bits per heavy atom. The number of aromatic nitrogens is 2. The van der Waals surface area contributed by atoms with E-state index in [1.807, 2.05) is 10.8 Å². The Hall–Kier alpha value is -1.20. The summed E-state index contributed by atoms with van der Waals surface area (Å²) in [5.41, 5.74) is 5.86. The van der Waals surface area contributed by atoms with E-state index in [1.165, 1.54) is 0 Å². The Labute approximate surface area is 108 Å². The van der Waals surface area contributed by atoms with Gasteiger partial charge in [-0.05, 0) is 19.3 Å². The highest BCUT2D eigenvalue weighted by atomic mass is 16.5. The van der Waals surface area contributed by atoms with Gasteiger partial charge in [0.1, 0.15) is 5.82 Å². The van der Waals surface area contributed by atoms with Crippen LogP contribution in [0.5, 0.6) is 0 Å². The Kier molecular flexibility index (Phi) is 6.60. The molecule has 1 heterocycles. The maximum Gasteiger partial charge on any atom is 0.157 e. The highest BCUT2D eigenvalue weighted by Gasteiger charge is 2.16. The average molecular weight is 253 g/mol. The molecule has 2 N–H and O–H groups in total. The number of rotatable bonds is 9. The van der Waals surface area contributed by atoms with Crippen molar-refractivity contribution in [2.24, 2.45) is 5.73 Å². The van der Waals surface area contributed by atoms with Crippen molar-refractivity contribution >= 4 is 5.78 Å². The summed E-state index contributed by atoms with van der Waals surface area (Å²) in [5, 5.41) is 0. The van der Waals surface area contributed by atoms with Gasteiger partial charge in [0.15, 0.2) is 5.78 Å². The summed E-state index contributed by atoms with van der Waals surface area (Å²) in [7, 11) is 1.65. The Morgan fingerprint density at radius 1 is 1.61 bits per heavy atom. The first-order valence-corrected chi connectivity index (χ1v) is 6.46. The normalized spacial score (nSPS) is 12.6. The number of carbonyl (C=O) groups excluding carboxylic acids is 1. The van der Waals surface area contributed by atoms with Crippen LogP contribution in [0.15, 0.2) is 12.4 Å². The number of carbonyl (C=O) groups is 1. The molecule has 0 radical (unpaired) electrons. The van der Waals surface area contributed by atoms with Crippen LogP contribution in [0.4, 0.5) is 0 Å². The molecule has 0 spiro atoms. The molecule has 0 bridgehead atoms. The number of methoxy groups -OCH3 is 1. The van der Waals surface area contributed by atoms with Crippen molar-refractivity contribution < 1.29 is 9.53 Å². The fourth-order valence-corrected chi connectivity index (χ4v) is 1.85. The molecule has 1 rings (SSSR count). The van der Waals surface area contributed by atoms with Gasteiger partial charge in [0.25, 0.3) is 0 Å². The van der Waals surface area contributed by atoms with Crippen LogP contribution in [-0.2, 0) is 22.5 Å². The standard InChI is InChI=1S/C13H23N3O2/c1-3-7-16-8-6-15-13(16)10-12(17)11(14)5-4-9-18-2/h6,8,11H,3-5,7,9-10,14H2,1-2H3. The third-order valence-electron chi connectivity index (χ3n) is 2.88. The molecule has 0 aromatic carbocycles. The first kappa shape index (κ1) is 14.9. The maximum absolute atomic E-state index is 11.9. The number of hydrogen-bond acceptors (Lipinski definition) is 4. The highest BCUT2D eigenvalue weighted by molar-refractivity contribution is 5.85. The molecule has 0 saturated carbocycles. The van der Waals surface area contributed by atoms with Crippen LogP contribution in [0.2, 0.25) is 0 Å².